The van der Waals surface area contributed by atoms with Gasteiger partial charge < -0.3 is 4.90 Å². The third-order valence-electron chi connectivity index (χ3n) is 4.47. The molecule has 0 saturated heterocycles. The molecule has 29 heavy (non-hydrogen) atoms. The number of unbranched alkanes of at least 4 members (excludes halogenated alkanes) is 2. The van der Waals surface area contributed by atoms with Gasteiger partial charge in [-0.3, -0.25) is 4.79 Å². The number of benzene rings is 2. The van der Waals surface area contributed by atoms with Crippen molar-refractivity contribution < 1.29 is 17.6 Å². The van der Waals surface area contributed by atoms with Gasteiger partial charge in [-0.1, -0.05) is 44.0 Å². The van der Waals surface area contributed by atoms with Crippen molar-refractivity contribution in [2.75, 3.05) is 11.5 Å². The first-order chi connectivity index (χ1) is 13.8. The summed E-state index contributed by atoms with van der Waals surface area (Å²) in [6.45, 7) is 2.25. The van der Waals surface area contributed by atoms with Gasteiger partial charge in [-0.25, -0.2) is 12.8 Å². The predicted octanol–water partition coefficient (Wildman–Crippen LogP) is 3.83. The van der Waals surface area contributed by atoms with Gasteiger partial charge in [-0.15, -0.1) is 0 Å². The zero-order chi connectivity index (χ0) is 21.3. The van der Waals surface area contributed by atoms with Crippen molar-refractivity contribution >= 4 is 15.7 Å². The summed E-state index contributed by atoms with van der Waals surface area (Å²) in [4.78, 5) is 14.2. The molecule has 1 amide bonds. The fourth-order valence-electron chi connectivity index (χ4n) is 2.92. The molecule has 0 aliphatic heterocycles. The van der Waals surface area contributed by atoms with Crippen molar-refractivity contribution in [3.63, 3.8) is 0 Å². The summed E-state index contributed by atoms with van der Waals surface area (Å²) >= 11 is 0. The highest BCUT2D eigenvalue weighted by Gasteiger charge is 2.22. The van der Waals surface area contributed by atoms with Crippen LogP contribution in [0.3, 0.4) is 0 Å². The highest BCUT2D eigenvalue weighted by molar-refractivity contribution is 7.92. The average Bonchev–Trinajstić information content (AvgIpc) is 2.68. The molecule has 0 saturated carbocycles. The average molecular weight is 417 g/mol. The van der Waals surface area contributed by atoms with Gasteiger partial charge in [0.15, 0.2) is 9.84 Å². The van der Waals surface area contributed by atoms with Crippen LogP contribution < -0.4 is 0 Å². The van der Waals surface area contributed by atoms with Crippen LogP contribution in [0.2, 0.25) is 0 Å². The number of carbonyl (C=O) groups is 1. The number of hydrogen-bond donors (Lipinski definition) is 0. The fourth-order valence-corrected chi connectivity index (χ4v) is 4.26. The number of nitrogens with zero attached hydrogens (tertiary/aromatic N) is 2. The first-order valence-electron chi connectivity index (χ1n) is 9.54. The zero-order valence-corrected chi connectivity index (χ0v) is 17.3. The van der Waals surface area contributed by atoms with E-state index >= 15 is 0 Å². The van der Waals surface area contributed by atoms with Gasteiger partial charge in [0.05, 0.1) is 17.4 Å². The topological polar surface area (TPSA) is 78.2 Å². The molecular formula is C22H25FN2O3S. The number of hydrogen-bond acceptors (Lipinski definition) is 4. The van der Waals surface area contributed by atoms with Crippen molar-refractivity contribution in [3.05, 3.63) is 71.0 Å². The summed E-state index contributed by atoms with van der Waals surface area (Å²) in [7, 11) is -3.51. The van der Waals surface area contributed by atoms with Crippen molar-refractivity contribution in [2.45, 2.75) is 39.3 Å². The Labute approximate surface area is 171 Å². The summed E-state index contributed by atoms with van der Waals surface area (Å²) in [5, 5.41) is 8.92. The standard InChI is InChI=1S/C22H25FN2O3S/c1-2-3-4-12-29(27,28)17-22(26)25(16-20-6-5-7-21(23)13-20)15-19-10-8-18(14-24)9-11-19/h5-11,13H,2-4,12,15-17H2,1H3. The molecule has 2 rings (SSSR count). The van der Waals surface area contributed by atoms with E-state index in [0.717, 1.165) is 18.4 Å². The summed E-state index contributed by atoms with van der Waals surface area (Å²) in [5.74, 6) is -1.52. The minimum Gasteiger partial charge on any atom is -0.333 e. The molecule has 0 unspecified atom stereocenters. The monoisotopic (exact) mass is 416 g/mol. The predicted molar refractivity (Wildman–Crippen MR) is 110 cm³/mol. The van der Waals surface area contributed by atoms with Crippen LogP contribution in [-0.4, -0.2) is 30.7 Å². The summed E-state index contributed by atoms with van der Waals surface area (Å²) in [6.07, 6.45) is 2.23. The van der Waals surface area contributed by atoms with Crippen LogP contribution in [0, 0.1) is 17.1 Å². The largest absolute Gasteiger partial charge is 0.333 e. The van der Waals surface area contributed by atoms with E-state index in [1.165, 1.54) is 17.0 Å². The highest BCUT2D eigenvalue weighted by Crippen LogP contribution is 2.14. The van der Waals surface area contributed by atoms with E-state index in [1.54, 1.807) is 36.4 Å². The van der Waals surface area contributed by atoms with Crippen molar-refractivity contribution in [3.8, 4) is 6.07 Å². The first kappa shape index (κ1) is 22.6. The second kappa shape index (κ2) is 10.7. The lowest BCUT2D eigenvalue weighted by Crippen LogP contribution is -2.35. The summed E-state index contributed by atoms with van der Waals surface area (Å²) < 4.78 is 38.2. The Balaban J connectivity index is 2.18. The number of nitriles is 1. The fraction of sp³-hybridized carbons (Fsp3) is 0.364. The van der Waals surface area contributed by atoms with E-state index in [4.69, 9.17) is 5.26 Å². The molecule has 0 heterocycles. The van der Waals surface area contributed by atoms with Crippen LogP contribution in [0.4, 0.5) is 4.39 Å². The summed E-state index contributed by atoms with van der Waals surface area (Å²) in [6, 6.07) is 14.6. The Kier molecular flexibility index (Phi) is 8.34. The number of sulfone groups is 1. The highest BCUT2D eigenvalue weighted by atomic mass is 32.2. The summed E-state index contributed by atoms with van der Waals surface area (Å²) in [5.41, 5.74) is 1.84. The van der Waals surface area contributed by atoms with Crippen LogP contribution >= 0.6 is 0 Å². The lowest BCUT2D eigenvalue weighted by molar-refractivity contribution is -0.129. The maximum absolute atomic E-state index is 13.5. The maximum Gasteiger partial charge on any atom is 0.238 e. The van der Waals surface area contributed by atoms with Gasteiger partial charge in [-0.2, -0.15) is 5.26 Å². The number of halogens is 1. The second-order valence-electron chi connectivity index (χ2n) is 6.99. The molecule has 0 fully saturated rings. The van der Waals surface area contributed by atoms with Crippen LogP contribution in [0.25, 0.3) is 0 Å². The minimum absolute atomic E-state index is 0.0166. The molecule has 0 aliphatic carbocycles. The third kappa shape index (κ3) is 7.66. The van der Waals surface area contributed by atoms with E-state index in [2.05, 4.69) is 0 Å². The van der Waals surface area contributed by atoms with Gasteiger partial charge >= 0.3 is 0 Å². The number of rotatable bonds is 10. The maximum atomic E-state index is 13.5. The minimum atomic E-state index is -3.51. The molecule has 5 nitrogen and oxygen atoms in total. The number of amides is 1. The molecule has 0 bridgehead atoms. The molecule has 0 N–H and O–H groups in total. The smallest absolute Gasteiger partial charge is 0.238 e. The lowest BCUT2D eigenvalue weighted by Gasteiger charge is -2.23. The first-order valence-corrected chi connectivity index (χ1v) is 11.4. The Hall–Kier alpha value is -2.72. The van der Waals surface area contributed by atoms with E-state index in [9.17, 15) is 17.6 Å². The molecule has 0 aromatic heterocycles. The normalized spacial score (nSPS) is 11.1. The van der Waals surface area contributed by atoms with Crippen LogP contribution in [0.15, 0.2) is 48.5 Å². The Morgan fingerprint density at radius 1 is 1.07 bits per heavy atom. The second-order valence-corrected chi connectivity index (χ2v) is 9.17. The third-order valence-corrected chi connectivity index (χ3v) is 6.07. The van der Waals surface area contributed by atoms with Gasteiger partial charge in [0.1, 0.15) is 11.6 Å². The molecule has 0 spiro atoms. The molecular weight excluding hydrogens is 391 g/mol. The molecule has 0 aliphatic rings. The lowest BCUT2D eigenvalue weighted by atomic mass is 10.1. The Bertz CT molecular complexity index is 966. The molecule has 0 atom stereocenters. The van der Waals surface area contributed by atoms with E-state index in [0.29, 0.717) is 17.5 Å². The van der Waals surface area contributed by atoms with E-state index in [1.807, 2.05) is 13.0 Å². The van der Waals surface area contributed by atoms with Crippen LogP contribution in [0.1, 0.15) is 42.9 Å². The van der Waals surface area contributed by atoms with Gasteiger partial charge in [0, 0.05) is 13.1 Å². The molecule has 2 aromatic rings. The molecule has 154 valence electrons. The Morgan fingerprint density at radius 3 is 2.38 bits per heavy atom. The van der Waals surface area contributed by atoms with Crippen molar-refractivity contribution in [1.29, 1.82) is 5.26 Å². The van der Waals surface area contributed by atoms with E-state index < -0.39 is 27.3 Å². The molecule has 2 aromatic carbocycles. The molecule has 7 heteroatoms. The zero-order valence-electron chi connectivity index (χ0n) is 16.5. The Morgan fingerprint density at radius 2 is 1.76 bits per heavy atom. The van der Waals surface area contributed by atoms with Gasteiger partial charge in [-0.05, 0) is 41.8 Å². The SMILES string of the molecule is CCCCCS(=O)(=O)CC(=O)N(Cc1ccc(C#N)cc1)Cc1cccc(F)c1. The van der Waals surface area contributed by atoms with E-state index in [-0.39, 0.29) is 18.8 Å². The van der Waals surface area contributed by atoms with Crippen molar-refractivity contribution in [2.24, 2.45) is 0 Å². The van der Waals surface area contributed by atoms with Crippen LogP contribution in [0.5, 0.6) is 0 Å². The quantitative estimate of drug-likeness (QED) is 0.552. The van der Waals surface area contributed by atoms with Gasteiger partial charge in [0.2, 0.25) is 5.91 Å². The number of carbonyl (C=O) groups excluding carboxylic acids is 1. The molecule has 0 radical (unpaired) electrons. The van der Waals surface area contributed by atoms with Gasteiger partial charge in [0.25, 0.3) is 0 Å². The van der Waals surface area contributed by atoms with Crippen LogP contribution in [-0.2, 0) is 27.7 Å². The van der Waals surface area contributed by atoms with Crippen molar-refractivity contribution in [1.82, 2.24) is 4.90 Å².